The van der Waals surface area contributed by atoms with Gasteiger partial charge in [-0.15, -0.1) is 0 Å². The van der Waals surface area contributed by atoms with E-state index >= 15 is 0 Å². The van der Waals surface area contributed by atoms with Crippen LogP contribution >= 0.6 is 0 Å². The van der Waals surface area contributed by atoms with Gasteiger partial charge < -0.3 is 16.8 Å². The second-order valence-electron chi connectivity index (χ2n) is 7.53. The van der Waals surface area contributed by atoms with E-state index in [0.717, 1.165) is 32.1 Å². The number of carbonyl (C=O) groups is 2. The Labute approximate surface area is 121 Å². The largest absolute Gasteiger partial charge is 0.369 e. The van der Waals surface area contributed by atoms with E-state index in [1.165, 1.54) is 0 Å². The summed E-state index contributed by atoms with van der Waals surface area (Å²) in [5.41, 5.74) is 10.7. The third-order valence-electron chi connectivity index (χ3n) is 4.34. The van der Waals surface area contributed by atoms with E-state index in [0.29, 0.717) is 5.41 Å². The average molecular weight is 283 g/mol. The molecule has 20 heavy (non-hydrogen) atoms. The molecule has 1 aliphatic carbocycles. The minimum atomic E-state index is -0.231. The third-order valence-corrected chi connectivity index (χ3v) is 4.34. The maximum Gasteiger partial charge on any atom is 0.234 e. The SMILES string of the molecule is CC1(C)CCC(C(N)=O)C1.CC1(C)CCC(C(N)=O)N1. The van der Waals surface area contributed by atoms with E-state index in [4.69, 9.17) is 11.5 Å². The molecule has 0 aromatic heterocycles. The smallest absolute Gasteiger partial charge is 0.234 e. The topological polar surface area (TPSA) is 98.2 Å². The minimum Gasteiger partial charge on any atom is -0.369 e. The number of hydrogen-bond acceptors (Lipinski definition) is 3. The number of hydrogen-bond donors (Lipinski definition) is 3. The predicted molar refractivity (Wildman–Crippen MR) is 79.7 cm³/mol. The molecular formula is C15H29N3O2. The highest BCUT2D eigenvalue weighted by Crippen LogP contribution is 2.40. The van der Waals surface area contributed by atoms with E-state index in [2.05, 4.69) is 33.0 Å². The second-order valence-corrected chi connectivity index (χ2v) is 7.53. The van der Waals surface area contributed by atoms with Crippen molar-refractivity contribution in [2.75, 3.05) is 0 Å². The van der Waals surface area contributed by atoms with E-state index in [1.807, 2.05) is 0 Å². The van der Waals surface area contributed by atoms with Crippen molar-refractivity contribution >= 4 is 11.8 Å². The van der Waals surface area contributed by atoms with Crippen molar-refractivity contribution in [3.63, 3.8) is 0 Å². The van der Waals surface area contributed by atoms with Crippen molar-refractivity contribution in [1.82, 2.24) is 5.32 Å². The summed E-state index contributed by atoms with van der Waals surface area (Å²) in [7, 11) is 0. The maximum atomic E-state index is 10.7. The van der Waals surface area contributed by atoms with Gasteiger partial charge in [-0.1, -0.05) is 13.8 Å². The zero-order chi connectivity index (χ0) is 15.6. The van der Waals surface area contributed by atoms with Gasteiger partial charge >= 0.3 is 0 Å². The zero-order valence-electron chi connectivity index (χ0n) is 13.2. The van der Waals surface area contributed by atoms with Crippen molar-refractivity contribution < 1.29 is 9.59 Å². The lowest BCUT2D eigenvalue weighted by Gasteiger charge is -2.18. The van der Waals surface area contributed by atoms with Crippen LogP contribution < -0.4 is 16.8 Å². The van der Waals surface area contributed by atoms with Gasteiger partial charge in [-0.25, -0.2) is 0 Å². The Balaban J connectivity index is 0.000000200. The average Bonchev–Trinajstić information content (AvgIpc) is 2.82. The molecule has 2 rings (SSSR count). The first-order valence-electron chi connectivity index (χ1n) is 7.39. The van der Waals surface area contributed by atoms with Crippen LogP contribution in [0.25, 0.3) is 0 Å². The summed E-state index contributed by atoms with van der Waals surface area (Å²) in [5, 5.41) is 3.16. The molecule has 1 aliphatic heterocycles. The quantitative estimate of drug-likeness (QED) is 0.712. The summed E-state index contributed by atoms with van der Waals surface area (Å²) < 4.78 is 0. The van der Waals surface area contributed by atoms with E-state index in [9.17, 15) is 9.59 Å². The fraction of sp³-hybridized carbons (Fsp3) is 0.867. The molecule has 0 bridgehead atoms. The molecule has 2 aliphatic rings. The molecule has 0 spiro atoms. The molecule has 0 aromatic rings. The molecule has 5 nitrogen and oxygen atoms in total. The van der Waals surface area contributed by atoms with Crippen LogP contribution in [0.1, 0.15) is 59.8 Å². The second kappa shape index (κ2) is 6.12. The van der Waals surface area contributed by atoms with Crippen molar-refractivity contribution in [3.05, 3.63) is 0 Å². The molecule has 2 atom stereocenters. The van der Waals surface area contributed by atoms with Crippen LogP contribution in [0.3, 0.4) is 0 Å². The van der Waals surface area contributed by atoms with Crippen LogP contribution in [-0.2, 0) is 9.59 Å². The maximum absolute atomic E-state index is 10.7. The monoisotopic (exact) mass is 283 g/mol. The van der Waals surface area contributed by atoms with Crippen LogP contribution in [0, 0.1) is 11.3 Å². The lowest BCUT2D eigenvalue weighted by atomic mass is 9.90. The summed E-state index contributed by atoms with van der Waals surface area (Å²) >= 11 is 0. The minimum absolute atomic E-state index is 0.0969. The van der Waals surface area contributed by atoms with Gasteiger partial charge in [0.05, 0.1) is 6.04 Å². The standard InChI is InChI=1S/C8H15NO.C7H14N2O/c1-8(2)4-3-6(5-8)7(9)10;1-7(2)4-3-5(9-7)6(8)10/h6H,3-5H2,1-2H3,(H2,9,10);5,9H,3-4H2,1-2H3,(H2,8,10). The Bertz CT molecular complexity index is 341. The van der Waals surface area contributed by atoms with E-state index in [1.54, 1.807) is 0 Å². The number of nitrogens with one attached hydrogen (secondary N) is 1. The number of primary amides is 2. The molecule has 116 valence electrons. The number of nitrogens with two attached hydrogens (primary N) is 2. The molecule has 5 heteroatoms. The number of rotatable bonds is 2. The lowest BCUT2D eigenvalue weighted by Crippen LogP contribution is -2.44. The molecule has 5 N–H and O–H groups in total. The van der Waals surface area contributed by atoms with Gasteiger partial charge in [-0.05, 0) is 51.4 Å². The van der Waals surface area contributed by atoms with Gasteiger partial charge in [0.15, 0.2) is 0 Å². The van der Waals surface area contributed by atoms with Gasteiger partial charge in [0, 0.05) is 11.5 Å². The molecule has 0 radical (unpaired) electrons. The van der Waals surface area contributed by atoms with Crippen molar-refractivity contribution in [2.24, 2.45) is 22.8 Å². The fourth-order valence-corrected chi connectivity index (χ4v) is 3.01. The van der Waals surface area contributed by atoms with E-state index < -0.39 is 0 Å². The molecule has 2 unspecified atom stereocenters. The Hall–Kier alpha value is -1.10. The van der Waals surface area contributed by atoms with Crippen molar-refractivity contribution in [1.29, 1.82) is 0 Å². The first kappa shape index (κ1) is 17.0. The first-order chi connectivity index (χ1) is 9.02. The molecular weight excluding hydrogens is 254 g/mol. The molecule has 1 saturated heterocycles. The van der Waals surface area contributed by atoms with Gasteiger partial charge in [0.25, 0.3) is 0 Å². The van der Waals surface area contributed by atoms with Gasteiger partial charge in [-0.2, -0.15) is 0 Å². The number of amides is 2. The van der Waals surface area contributed by atoms with Crippen molar-refractivity contribution in [3.8, 4) is 0 Å². The first-order valence-corrected chi connectivity index (χ1v) is 7.39. The van der Waals surface area contributed by atoms with Crippen LogP contribution in [0.5, 0.6) is 0 Å². The highest BCUT2D eigenvalue weighted by Gasteiger charge is 2.33. The Morgan fingerprint density at radius 2 is 1.60 bits per heavy atom. The Morgan fingerprint density at radius 1 is 1.00 bits per heavy atom. The van der Waals surface area contributed by atoms with Crippen LogP contribution in [0.15, 0.2) is 0 Å². The zero-order valence-corrected chi connectivity index (χ0v) is 13.2. The van der Waals surface area contributed by atoms with Crippen LogP contribution in [-0.4, -0.2) is 23.4 Å². The molecule has 2 amide bonds. The van der Waals surface area contributed by atoms with E-state index in [-0.39, 0.29) is 29.3 Å². The lowest BCUT2D eigenvalue weighted by molar-refractivity contribution is -0.122. The van der Waals surface area contributed by atoms with Gasteiger partial charge in [-0.3, -0.25) is 9.59 Å². The summed E-state index contributed by atoms with van der Waals surface area (Å²) in [6, 6.07) is -0.102. The Kier molecular flexibility index (Phi) is 5.19. The normalized spacial score (nSPS) is 30.4. The summed E-state index contributed by atoms with van der Waals surface area (Å²) in [4.78, 5) is 21.4. The van der Waals surface area contributed by atoms with Gasteiger partial charge in [0.2, 0.25) is 11.8 Å². The third kappa shape index (κ3) is 5.12. The highest BCUT2D eigenvalue weighted by atomic mass is 16.1. The summed E-state index contributed by atoms with van der Waals surface area (Å²) in [5.74, 6) is -0.203. The predicted octanol–water partition coefficient (Wildman–Crippen LogP) is 1.30. The van der Waals surface area contributed by atoms with Crippen molar-refractivity contribution in [2.45, 2.75) is 71.4 Å². The fourth-order valence-electron chi connectivity index (χ4n) is 3.01. The summed E-state index contributed by atoms with van der Waals surface area (Å²) in [6.07, 6.45) is 5.01. The molecule has 2 fully saturated rings. The molecule has 1 saturated carbocycles. The summed E-state index contributed by atoms with van der Waals surface area (Å²) in [6.45, 7) is 8.54. The van der Waals surface area contributed by atoms with Gasteiger partial charge in [0.1, 0.15) is 0 Å². The highest BCUT2D eigenvalue weighted by molar-refractivity contribution is 5.80. The molecule has 0 aromatic carbocycles. The number of carbonyl (C=O) groups excluding carboxylic acids is 2. The van der Waals surface area contributed by atoms with Crippen LogP contribution in [0.2, 0.25) is 0 Å². The Morgan fingerprint density at radius 3 is 1.80 bits per heavy atom. The molecule has 1 heterocycles. The van der Waals surface area contributed by atoms with Crippen LogP contribution in [0.4, 0.5) is 0 Å².